The number of amides is 1. The van der Waals surface area contributed by atoms with Gasteiger partial charge in [-0.1, -0.05) is 32.4 Å². The number of unbranched alkanes of at least 4 members (excludes halogenated alkanes) is 1. The molecule has 0 saturated heterocycles. The van der Waals surface area contributed by atoms with Gasteiger partial charge in [-0.15, -0.1) is 0 Å². The summed E-state index contributed by atoms with van der Waals surface area (Å²) in [4.78, 5) is 14.0. The predicted molar refractivity (Wildman–Crippen MR) is 101 cm³/mol. The van der Waals surface area contributed by atoms with Crippen molar-refractivity contribution in [2.75, 3.05) is 18.1 Å². The van der Waals surface area contributed by atoms with Crippen LogP contribution in [0.25, 0.3) is 0 Å². The molecule has 0 fully saturated rings. The highest BCUT2D eigenvalue weighted by Crippen LogP contribution is 2.20. The third-order valence-electron chi connectivity index (χ3n) is 4.01. The van der Waals surface area contributed by atoms with Crippen molar-refractivity contribution in [2.24, 2.45) is 5.14 Å². The number of carbonyl (C=O) groups excluding carboxylic acids is 1. The van der Waals surface area contributed by atoms with E-state index in [1.54, 1.807) is 11.8 Å². The molecule has 0 aliphatic carbocycles. The summed E-state index contributed by atoms with van der Waals surface area (Å²) in [6, 6.07) is 7.58. The van der Waals surface area contributed by atoms with Crippen LogP contribution in [0.1, 0.15) is 52.0 Å². The van der Waals surface area contributed by atoms with E-state index in [9.17, 15) is 13.2 Å². The minimum atomic E-state index is -3.52. The van der Waals surface area contributed by atoms with Crippen LogP contribution in [-0.4, -0.2) is 32.9 Å². The zero-order valence-electron chi connectivity index (χ0n) is 15.4. The Labute approximate surface area is 151 Å². The topological polar surface area (TPSA) is 89.7 Å². The van der Waals surface area contributed by atoms with Crippen molar-refractivity contribution in [1.29, 1.82) is 0 Å². The van der Waals surface area contributed by atoms with E-state index >= 15 is 0 Å². The number of primary sulfonamides is 1. The van der Waals surface area contributed by atoms with Crippen LogP contribution in [0.3, 0.4) is 0 Å². The van der Waals surface area contributed by atoms with Gasteiger partial charge < -0.3 is 4.74 Å². The number of sulfonamides is 1. The van der Waals surface area contributed by atoms with Crippen molar-refractivity contribution >= 4 is 21.8 Å². The fourth-order valence-electron chi connectivity index (χ4n) is 2.32. The van der Waals surface area contributed by atoms with Crippen molar-refractivity contribution in [1.82, 2.24) is 0 Å². The number of aryl methyl sites for hydroxylation is 1. The molecule has 0 radical (unpaired) electrons. The van der Waals surface area contributed by atoms with Crippen LogP contribution in [0, 0.1) is 0 Å². The number of hydrogen-bond acceptors (Lipinski definition) is 4. The van der Waals surface area contributed by atoms with Gasteiger partial charge in [-0.3, -0.25) is 4.90 Å². The minimum absolute atomic E-state index is 0.342. The lowest BCUT2D eigenvalue weighted by atomic mass is 10.1. The Kier molecular flexibility index (Phi) is 8.92. The molecular formula is C18H30N2O4S. The lowest BCUT2D eigenvalue weighted by molar-refractivity contribution is 0.153. The van der Waals surface area contributed by atoms with E-state index in [4.69, 9.17) is 9.88 Å². The molecule has 7 heteroatoms. The number of nitrogens with zero attached hydrogens (tertiary/aromatic N) is 1. The molecule has 1 rings (SSSR count). The van der Waals surface area contributed by atoms with E-state index in [1.807, 2.05) is 31.2 Å². The molecule has 0 saturated carbocycles. The van der Waals surface area contributed by atoms with Gasteiger partial charge in [0.25, 0.3) is 0 Å². The molecule has 6 nitrogen and oxygen atoms in total. The Hall–Kier alpha value is -1.60. The van der Waals surface area contributed by atoms with Crippen molar-refractivity contribution in [3.05, 3.63) is 29.8 Å². The van der Waals surface area contributed by atoms with Gasteiger partial charge in [0, 0.05) is 12.2 Å². The number of hydrogen-bond donors (Lipinski definition) is 1. The largest absolute Gasteiger partial charge is 0.449 e. The molecule has 25 heavy (non-hydrogen) atoms. The normalized spacial score (nSPS) is 12.6. The summed E-state index contributed by atoms with van der Waals surface area (Å²) in [7, 11) is -3.52. The number of carbonyl (C=O) groups is 1. The third kappa shape index (κ3) is 7.44. The molecule has 1 amide bonds. The van der Waals surface area contributed by atoms with Gasteiger partial charge in [-0.2, -0.15) is 0 Å². The van der Waals surface area contributed by atoms with Crippen LogP contribution in [0.4, 0.5) is 10.5 Å². The van der Waals surface area contributed by atoms with Crippen LogP contribution in [0.15, 0.2) is 24.3 Å². The Balaban J connectivity index is 2.87. The van der Waals surface area contributed by atoms with E-state index in [0.29, 0.717) is 26.0 Å². The summed E-state index contributed by atoms with van der Waals surface area (Å²) in [6.45, 7) is 6.62. The van der Waals surface area contributed by atoms with Crippen LogP contribution in [0.5, 0.6) is 0 Å². The number of nitrogens with two attached hydrogens (primary N) is 1. The Bertz CT molecular complexity index is 646. The SMILES string of the molecule is CCCCN(C(=O)OCCC)c1cccc(CCC(C)S(N)(=O)=O)c1. The first kappa shape index (κ1) is 21.4. The van der Waals surface area contributed by atoms with Crippen LogP contribution in [-0.2, 0) is 21.2 Å². The second-order valence-corrected chi connectivity index (χ2v) is 8.21. The van der Waals surface area contributed by atoms with Gasteiger partial charge in [0.1, 0.15) is 0 Å². The molecule has 0 spiro atoms. The maximum Gasteiger partial charge on any atom is 0.414 e. The summed E-state index contributed by atoms with van der Waals surface area (Å²) >= 11 is 0. The molecular weight excluding hydrogens is 340 g/mol. The molecule has 2 N–H and O–H groups in total. The van der Waals surface area contributed by atoms with E-state index in [1.165, 1.54) is 0 Å². The summed E-state index contributed by atoms with van der Waals surface area (Å²) in [6.07, 6.45) is 3.31. The van der Waals surface area contributed by atoms with Crippen molar-refractivity contribution in [3.8, 4) is 0 Å². The number of rotatable bonds is 10. The smallest absolute Gasteiger partial charge is 0.414 e. The standard InChI is InChI=1S/C18H30N2O4S/c1-4-6-12-20(18(21)24-13-5-2)17-9-7-8-16(14-17)11-10-15(3)25(19,22)23/h7-9,14-15H,4-6,10-13H2,1-3H3,(H2,19,22,23). The van der Waals surface area contributed by atoms with Crippen molar-refractivity contribution in [2.45, 2.75) is 58.1 Å². The van der Waals surface area contributed by atoms with Gasteiger partial charge in [-0.25, -0.2) is 18.4 Å². The molecule has 0 aliphatic rings. The average molecular weight is 371 g/mol. The summed E-state index contributed by atoms with van der Waals surface area (Å²) in [5, 5.41) is 4.57. The van der Waals surface area contributed by atoms with Crippen LogP contribution < -0.4 is 10.0 Å². The summed E-state index contributed by atoms with van der Waals surface area (Å²) in [5.74, 6) is 0. The highest BCUT2D eigenvalue weighted by atomic mass is 32.2. The van der Waals surface area contributed by atoms with Crippen molar-refractivity contribution < 1.29 is 17.9 Å². The maximum absolute atomic E-state index is 12.3. The first-order valence-electron chi connectivity index (χ1n) is 8.84. The first-order chi connectivity index (χ1) is 11.8. The fraction of sp³-hybridized carbons (Fsp3) is 0.611. The quantitative estimate of drug-likeness (QED) is 0.683. The van der Waals surface area contributed by atoms with E-state index < -0.39 is 15.3 Å². The monoisotopic (exact) mass is 370 g/mol. The molecule has 0 aliphatic heterocycles. The summed E-state index contributed by atoms with van der Waals surface area (Å²) in [5.41, 5.74) is 1.74. The number of ether oxygens (including phenoxy) is 1. The molecule has 1 aromatic rings. The molecule has 0 bridgehead atoms. The Morgan fingerprint density at radius 3 is 2.60 bits per heavy atom. The third-order valence-corrected chi connectivity index (χ3v) is 5.37. The van der Waals surface area contributed by atoms with E-state index in [2.05, 4.69) is 6.92 Å². The molecule has 1 atom stereocenters. The van der Waals surface area contributed by atoms with Crippen LogP contribution in [0.2, 0.25) is 0 Å². The first-order valence-corrected chi connectivity index (χ1v) is 10.4. The average Bonchev–Trinajstić information content (AvgIpc) is 2.57. The zero-order chi connectivity index (χ0) is 18.9. The van der Waals surface area contributed by atoms with E-state index in [-0.39, 0.29) is 6.09 Å². The minimum Gasteiger partial charge on any atom is -0.449 e. The molecule has 0 heterocycles. The van der Waals surface area contributed by atoms with Gasteiger partial charge >= 0.3 is 6.09 Å². The van der Waals surface area contributed by atoms with Gasteiger partial charge in [0.2, 0.25) is 10.0 Å². The predicted octanol–water partition coefficient (Wildman–Crippen LogP) is 3.45. The number of benzene rings is 1. The molecule has 1 aromatic carbocycles. The van der Waals surface area contributed by atoms with Gasteiger partial charge in [0.15, 0.2) is 0 Å². The molecule has 142 valence electrons. The molecule has 0 aromatic heterocycles. The molecule has 1 unspecified atom stereocenters. The second-order valence-electron chi connectivity index (χ2n) is 6.23. The fourth-order valence-corrected chi connectivity index (χ4v) is 2.77. The lowest BCUT2D eigenvalue weighted by Gasteiger charge is -2.22. The van der Waals surface area contributed by atoms with Gasteiger partial charge in [0.05, 0.1) is 11.9 Å². The highest BCUT2D eigenvalue weighted by Gasteiger charge is 2.18. The second kappa shape index (κ2) is 10.4. The van der Waals surface area contributed by atoms with Crippen molar-refractivity contribution in [3.63, 3.8) is 0 Å². The van der Waals surface area contributed by atoms with Gasteiger partial charge in [-0.05, 0) is 50.3 Å². The maximum atomic E-state index is 12.3. The number of anilines is 1. The highest BCUT2D eigenvalue weighted by molar-refractivity contribution is 7.89. The van der Waals surface area contributed by atoms with Crippen LogP contribution >= 0.6 is 0 Å². The Morgan fingerprint density at radius 2 is 2.00 bits per heavy atom. The lowest BCUT2D eigenvalue weighted by Crippen LogP contribution is -2.32. The zero-order valence-corrected chi connectivity index (χ0v) is 16.2. The van der Waals surface area contributed by atoms with E-state index in [0.717, 1.165) is 30.5 Å². The Morgan fingerprint density at radius 1 is 1.28 bits per heavy atom. The summed E-state index contributed by atoms with van der Waals surface area (Å²) < 4.78 is 28.0.